The van der Waals surface area contributed by atoms with E-state index >= 15 is 0 Å². The van der Waals surface area contributed by atoms with Crippen LogP contribution in [0.4, 0.5) is 11.4 Å². The summed E-state index contributed by atoms with van der Waals surface area (Å²) in [6.45, 7) is 4.27. The summed E-state index contributed by atoms with van der Waals surface area (Å²) in [5.41, 5.74) is 4.65. The van der Waals surface area contributed by atoms with Crippen LogP contribution in [0.15, 0.2) is 102 Å². The number of hydrogen-bond acceptors (Lipinski definition) is 4. The summed E-state index contributed by atoms with van der Waals surface area (Å²) in [6.07, 6.45) is 0.537. The molecule has 1 amide bonds. The molecule has 0 unspecified atom stereocenters. The van der Waals surface area contributed by atoms with Gasteiger partial charge < -0.3 is 10.1 Å². The van der Waals surface area contributed by atoms with Crippen LogP contribution in [-0.2, 0) is 23.1 Å². The second kappa shape index (κ2) is 10.1. The van der Waals surface area contributed by atoms with Crippen molar-refractivity contribution in [3.8, 4) is 5.75 Å². The highest BCUT2D eigenvalue weighted by atomic mass is 32.2. The molecule has 0 spiro atoms. The Labute approximate surface area is 217 Å². The van der Waals surface area contributed by atoms with Crippen LogP contribution in [0.5, 0.6) is 5.75 Å². The van der Waals surface area contributed by atoms with E-state index < -0.39 is 10.0 Å². The molecule has 0 aliphatic carbocycles. The summed E-state index contributed by atoms with van der Waals surface area (Å²) < 4.78 is 34.0. The van der Waals surface area contributed by atoms with Crippen LogP contribution < -0.4 is 14.4 Å². The summed E-state index contributed by atoms with van der Waals surface area (Å²) in [7, 11) is -3.71. The van der Waals surface area contributed by atoms with Crippen molar-refractivity contribution < 1.29 is 17.9 Å². The third-order valence-corrected chi connectivity index (χ3v) is 8.38. The topological polar surface area (TPSA) is 75.7 Å². The van der Waals surface area contributed by atoms with Crippen LogP contribution in [0.1, 0.15) is 34.0 Å². The normalized spacial score (nSPS) is 14.8. The van der Waals surface area contributed by atoms with E-state index in [0.717, 1.165) is 16.7 Å². The number of amides is 1. The second-order valence-electron chi connectivity index (χ2n) is 9.26. The van der Waals surface area contributed by atoms with Crippen molar-refractivity contribution >= 4 is 27.3 Å². The molecule has 5 rings (SSSR count). The molecule has 1 N–H and O–H groups in total. The molecule has 1 heterocycles. The third-order valence-electron chi connectivity index (χ3n) is 6.43. The van der Waals surface area contributed by atoms with Gasteiger partial charge in [0.2, 0.25) is 0 Å². The number of hydrogen-bond donors (Lipinski definition) is 1. The summed E-state index contributed by atoms with van der Waals surface area (Å²) in [5.74, 6) is 0.455. The number of fused-ring (bicyclic) bond motifs is 1. The van der Waals surface area contributed by atoms with Gasteiger partial charge in [-0.3, -0.25) is 9.10 Å². The molecular formula is C30H28N2O4S. The van der Waals surface area contributed by atoms with Crippen LogP contribution in [-0.4, -0.2) is 20.4 Å². The first kappa shape index (κ1) is 24.6. The molecule has 0 radical (unpaired) electrons. The lowest BCUT2D eigenvalue weighted by molar-refractivity contribution is 0.102. The lowest BCUT2D eigenvalue weighted by Crippen LogP contribution is -2.35. The van der Waals surface area contributed by atoms with Crippen LogP contribution in [0, 0.1) is 6.92 Å². The molecule has 4 aromatic rings. The molecule has 1 aliphatic heterocycles. The molecule has 0 saturated carbocycles. The van der Waals surface area contributed by atoms with Gasteiger partial charge in [0.15, 0.2) is 0 Å². The Balaban J connectivity index is 1.28. The van der Waals surface area contributed by atoms with E-state index in [9.17, 15) is 13.2 Å². The lowest BCUT2D eigenvalue weighted by Gasteiger charge is -2.24. The van der Waals surface area contributed by atoms with Gasteiger partial charge in [-0.15, -0.1) is 0 Å². The first-order valence-electron chi connectivity index (χ1n) is 12.1. The maximum Gasteiger partial charge on any atom is 0.264 e. The largest absolute Gasteiger partial charge is 0.489 e. The van der Waals surface area contributed by atoms with Gasteiger partial charge in [0.05, 0.1) is 10.6 Å². The molecular weight excluding hydrogens is 484 g/mol. The Morgan fingerprint density at radius 1 is 0.946 bits per heavy atom. The zero-order valence-electron chi connectivity index (χ0n) is 20.7. The zero-order chi connectivity index (χ0) is 26.0. The van der Waals surface area contributed by atoms with Crippen molar-refractivity contribution in [1.82, 2.24) is 0 Å². The molecule has 0 aromatic heterocycles. The number of nitrogens with zero attached hydrogens (tertiary/aromatic N) is 1. The number of nitrogens with one attached hydrogen (secondary N) is 1. The van der Waals surface area contributed by atoms with E-state index in [1.807, 2.05) is 56.3 Å². The molecule has 0 fully saturated rings. The fraction of sp³-hybridized carbons (Fsp3) is 0.167. The van der Waals surface area contributed by atoms with Crippen molar-refractivity contribution in [2.45, 2.75) is 37.8 Å². The molecule has 0 bridgehead atoms. The maximum absolute atomic E-state index is 13.4. The van der Waals surface area contributed by atoms with Gasteiger partial charge in [0, 0.05) is 17.3 Å². The Bertz CT molecular complexity index is 1520. The maximum atomic E-state index is 13.4. The number of sulfonamides is 1. The molecule has 0 saturated heterocycles. The number of rotatable bonds is 7. The highest BCUT2D eigenvalue weighted by Gasteiger charge is 2.36. The van der Waals surface area contributed by atoms with Gasteiger partial charge in [-0.25, -0.2) is 8.42 Å². The van der Waals surface area contributed by atoms with Gasteiger partial charge in [0.25, 0.3) is 15.9 Å². The fourth-order valence-electron chi connectivity index (χ4n) is 4.51. The Kier molecular flexibility index (Phi) is 6.72. The highest BCUT2D eigenvalue weighted by Crippen LogP contribution is 2.37. The van der Waals surface area contributed by atoms with Gasteiger partial charge in [-0.1, -0.05) is 48.0 Å². The highest BCUT2D eigenvalue weighted by molar-refractivity contribution is 7.92. The molecule has 188 valence electrons. The zero-order valence-corrected chi connectivity index (χ0v) is 21.5. The minimum absolute atomic E-state index is 0.247. The van der Waals surface area contributed by atoms with Gasteiger partial charge in [-0.2, -0.15) is 0 Å². The van der Waals surface area contributed by atoms with Crippen LogP contribution in [0.3, 0.4) is 0 Å². The molecule has 1 aliphatic rings. The number of carbonyl (C=O) groups excluding carboxylic acids is 1. The number of ether oxygens (including phenoxy) is 1. The Morgan fingerprint density at radius 2 is 1.65 bits per heavy atom. The van der Waals surface area contributed by atoms with Crippen molar-refractivity contribution in [3.05, 3.63) is 119 Å². The molecule has 7 heteroatoms. The molecule has 37 heavy (non-hydrogen) atoms. The predicted octanol–water partition coefficient (Wildman–Crippen LogP) is 5.97. The van der Waals surface area contributed by atoms with Crippen LogP contribution in [0.25, 0.3) is 0 Å². The minimum atomic E-state index is -3.71. The summed E-state index contributed by atoms with van der Waals surface area (Å²) in [5, 5.41) is 2.91. The van der Waals surface area contributed by atoms with E-state index in [0.29, 0.717) is 35.7 Å². The van der Waals surface area contributed by atoms with Crippen molar-refractivity contribution in [2.24, 2.45) is 0 Å². The molecule has 4 aromatic carbocycles. The number of benzene rings is 4. The van der Waals surface area contributed by atoms with Gasteiger partial charge >= 0.3 is 0 Å². The van der Waals surface area contributed by atoms with Crippen molar-refractivity contribution in [3.63, 3.8) is 0 Å². The average Bonchev–Trinajstić information content (AvgIpc) is 3.24. The second-order valence-corrected chi connectivity index (χ2v) is 11.1. The average molecular weight is 513 g/mol. The van der Waals surface area contributed by atoms with Gasteiger partial charge in [0.1, 0.15) is 12.4 Å². The summed E-state index contributed by atoms with van der Waals surface area (Å²) in [4.78, 5) is 13.2. The minimum Gasteiger partial charge on any atom is -0.489 e. The third kappa shape index (κ3) is 5.22. The quantitative estimate of drug-likeness (QED) is 0.331. The van der Waals surface area contributed by atoms with E-state index in [4.69, 9.17) is 4.74 Å². The lowest BCUT2D eigenvalue weighted by atomic mass is 10.1. The monoisotopic (exact) mass is 512 g/mol. The number of carbonyl (C=O) groups is 1. The van der Waals surface area contributed by atoms with Crippen molar-refractivity contribution in [2.75, 3.05) is 9.62 Å². The number of anilines is 2. The standard InChI is InChI=1S/C30H28N2O4S/c1-21-8-15-28(16-9-21)37(34,35)32-22(2)18-25-19-24(10-17-29(25)32)30(33)31-26-11-13-27(14-12-26)36-20-23-6-4-3-5-7-23/h3-17,19,22H,18,20H2,1-2H3,(H,31,33)/t22-/m1/s1. The summed E-state index contributed by atoms with van der Waals surface area (Å²) in [6, 6.07) is 28.9. The van der Waals surface area contributed by atoms with E-state index in [1.54, 1.807) is 54.6 Å². The van der Waals surface area contributed by atoms with Crippen LogP contribution >= 0.6 is 0 Å². The van der Waals surface area contributed by atoms with E-state index in [-0.39, 0.29) is 16.8 Å². The molecule has 6 nitrogen and oxygen atoms in total. The Hall–Kier alpha value is -4.10. The number of aryl methyl sites for hydroxylation is 1. The van der Waals surface area contributed by atoms with Crippen molar-refractivity contribution in [1.29, 1.82) is 0 Å². The predicted molar refractivity (Wildman–Crippen MR) is 146 cm³/mol. The first-order chi connectivity index (χ1) is 17.8. The first-order valence-corrected chi connectivity index (χ1v) is 13.6. The SMILES string of the molecule is Cc1ccc(S(=O)(=O)N2c3ccc(C(=O)Nc4ccc(OCc5ccccc5)cc4)cc3C[C@H]2C)cc1. The molecule has 1 atom stereocenters. The Morgan fingerprint density at radius 3 is 2.35 bits per heavy atom. The van der Waals surface area contributed by atoms with Gasteiger partial charge in [-0.05, 0) is 86.0 Å². The fourth-order valence-corrected chi connectivity index (χ4v) is 6.21. The smallest absolute Gasteiger partial charge is 0.264 e. The van der Waals surface area contributed by atoms with E-state index in [1.165, 1.54) is 4.31 Å². The summed E-state index contributed by atoms with van der Waals surface area (Å²) >= 11 is 0. The van der Waals surface area contributed by atoms with Crippen LogP contribution in [0.2, 0.25) is 0 Å². The van der Waals surface area contributed by atoms with E-state index in [2.05, 4.69) is 5.32 Å².